The second kappa shape index (κ2) is 5.64. The average Bonchev–Trinajstić information content (AvgIpc) is 2.31. The Bertz CT molecular complexity index is 458. The summed E-state index contributed by atoms with van der Waals surface area (Å²) in [5.41, 5.74) is 2.21. The number of hydrogen-bond acceptors (Lipinski definition) is 1. The van der Waals surface area contributed by atoms with Crippen molar-refractivity contribution in [3.63, 3.8) is 0 Å². The lowest BCUT2D eigenvalue weighted by Gasteiger charge is -2.11. The van der Waals surface area contributed by atoms with Gasteiger partial charge in [0.25, 0.3) is 0 Å². The Morgan fingerprint density at radius 1 is 1.12 bits per heavy atom. The van der Waals surface area contributed by atoms with E-state index in [-0.39, 0.29) is 5.38 Å². The minimum absolute atomic E-state index is 0.0111. The zero-order valence-electron chi connectivity index (χ0n) is 8.61. The first kappa shape index (κ1) is 11.9. The van der Waals surface area contributed by atoms with Gasteiger partial charge in [0.05, 0.1) is 5.38 Å². The molecule has 0 aliphatic heterocycles. The SMILES string of the molecule is ClC(Cc1ccccn1)c1ccccc1I. The quantitative estimate of drug-likeness (QED) is 0.601. The topological polar surface area (TPSA) is 12.9 Å². The molecule has 0 aliphatic carbocycles. The standard InChI is InChI=1S/C13H11ClIN/c14-12(9-10-5-3-4-8-16-10)11-6-1-2-7-13(11)15/h1-8,12H,9H2. The molecule has 0 saturated carbocycles. The maximum absolute atomic E-state index is 6.40. The number of pyridine rings is 1. The van der Waals surface area contributed by atoms with Crippen LogP contribution in [0.3, 0.4) is 0 Å². The Morgan fingerprint density at radius 2 is 1.88 bits per heavy atom. The van der Waals surface area contributed by atoms with Crippen molar-refractivity contribution >= 4 is 34.2 Å². The molecule has 2 rings (SSSR count). The lowest BCUT2D eigenvalue weighted by atomic mass is 10.1. The number of hydrogen-bond donors (Lipinski definition) is 0. The van der Waals surface area contributed by atoms with Gasteiger partial charge in [0.1, 0.15) is 0 Å². The zero-order valence-corrected chi connectivity index (χ0v) is 11.5. The van der Waals surface area contributed by atoms with Crippen LogP contribution in [-0.4, -0.2) is 4.98 Å². The molecule has 1 unspecified atom stereocenters. The van der Waals surface area contributed by atoms with E-state index in [0.717, 1.165) is 12.1 Å². The molecular formula is C13H11ClIN. The van der Waals surface area contributed by atoms with Crippen molar-refractivity contribution in [2.45, 2.75) is 11.8 Å². The van der Waals surface area contributed by atoms with Crippen LogP contribution in [0, 0.1) is 3.57 Å². The lowest BCUT2D eigenvalue weighted by molar-refractivity contribution is 0.876. The van der Waals surface area contributed by atoms with Crippen molar-refractivity contribution in [3.05, 3.63) is 63.5 Å². The number of benzene rings is 1. The fourth-order valence-electron chi connectivity index (χ4n) is 1.54. The molecule has 1 aromatic heterocycles. The van der Waals surface area contributed by atoms with E-state index < -0.39 is 0 Å². The molecule has 2 aromatic rings. The van der Waals surface area contributed by atoms with Crippen molar-refractivity contribution in [1.82, 2.24) is 4.98 Å². The predicted molar refractivity (Wildman–Crippen MR) is 75.7 cm³/mol. The fraction of sp³-hybridized carbons (Fsp3) is 0.154. The average molecular weight is 344 g/mol. The number of nitrogens with zero attached hydrogens (tertiary/aromatic N) is 1. The van der Waals surface area contributed by atoms with Crippen LogP contribution in [0.5, 0.6) is 0 Å². The van der Waals surface area contributed by atoms with Crippen LogP contribution in [0.2, 0.25) is 0 Å². The molecule has 0 saturated heterocycles. The molecule has 1 atom stereocenters. The summed E-state index contributed by atoms with van der Waals surface area (Å²) in [6, 6.07) is 14.1. The summed E-state index contributed by atoms with van der Waals surface area (Å²) in [4.78, 5) is 4.29. The monoisotopic (exact) mass is 343 g/mol. The Kier molecular flexibility index (Phi) is 4.18. The highest BCUT2D eigenvalue weighted by atomic mass is 127. The molecule has 1 nitrogen and oxygen atoms in total. The van der Waals surface area contributed by atoms with Gasteiger partial charge in [-0.05, 0) is 46.4 Å². The first-order valence-corrected chi connectivity index (χ1v) is 6.57. The van der Waals surface area contributed by atoms with E-state index in [2.05, 4.69) is 39.7 Å². The minimum atomic E-state index is -0.0111. The van der Waals surface area contributed by atoms with E-state index in [9.17, 15) is 0 Å². The molecule has 0 bridgehead atoms. The van der Waals surface area contributed by atoms with Crippen LogP contribution in [0.25, 0.3) is 0 Å². The fourth-order valence-corrected chi connectivity index (χ4v) is 2.84. The highest BCUT2D eigenvalue weighted by Crippen LogP contribution is 2.27. The summed E-state index contributed by atoms with van der Waals surface area (Å²) in [6.07, 6.45) is 2.57. The molecule has 3 heteroatoms. The first-order valence-electron chi connectivity index (χ1n) is 5.06. The van der Waals surface area contributed by atoms with Crippen LogP contribution >= 0.6 is 34.2 Å². The van der Waals surface area contributed by atoms with Crippen molar-refractivity contribution < 1.29 is 0 Å². The Labute approximate surface area is 114 Å². The summed E-state index contributed by atoms with van der Waals surface area (Å²) in [5.74, 6) is 0. The van der Waals surface area contributed by atoms with Crippen LogP contribution in [0.1, 0.15) is 16.6 Å². The third-order valence-electron chi connectivity index (χ3n) is 2.36. The lowest BCUT2D eigenvalue weighted by Crippen LogP contribution is -1.99. The normalized spacial score (nSPS) is 12.4. The predicted octanol–water partition coefficient (Wildman–Crippen LogP) is 4.21. The highest BCUT2D eigenvalue weighted by Gasteiger charge is 2.11. The van der Waals surface area contributed by atoms with E-state index in [0.29, 0.717) is 0 Å². The zero-order chi connectivity index (χ0) is 11.4. The summed E-state index contributed by atoms with van der Waals surface area (Å²) >= 11 is 8.71. The van der Waals surface area contributed by atoms with Gasteiger partial charge >= 0.3 is 0 Å². The van der Waals surface area contributed by atoms with Gasteiger partial charge in [-0.25, -0.2) is 0 Å². The van der Waals surface area contributed by atoms with E-state index >= 15 is 0 Å². The minimum Gasteiger partial charge on any atom is -0.261 e. The molecule has 1 aromatic carbocycles. The third-order valence-corrected chi connectivity index (χ3v) is 3.73. The maximum atomic E-state index is 6.40. The van der Waals surface area contributed by atoms with Gasteiger partial charge < -0.3 is 0 Å². The van der Waals surface area contributed by atoms with Crippen molar-refractivity contribution in [3.8, 4) is 0 Å². The molecule has 0 radical (unpaired) electrons. The van der Waals surface area contributed by atoms with Crippen LogP contribution < -0.4 is 0 Å². The van der Waals surface area contributed by atoms with E-state index in [1.165, 1.54) is 9.13 Å². The van der Waals surface area contributed by atoms with Crippen LogP contribution in [0.15, 0.2) is 48.7 Å². The largest absolute Gasteiger partial charge is 0.261 e. The number of alkyl halides is 1. The molecule has 16 heavy (non-hydrogen) atoms. The summed E-state index contributed by atoms with van der Waals surface area (Å²) in [5, 5.41) is -0.0111. The smallest absolute Gasteiger partial charge is 0.0650 e. The number of rotatable bonds is 3. The Morgan fingerprint density at radius 3 is 2.56 bits per heavy atom. The molecule has 82 valence electrons. The van der Waals surface area contributed by atoms with E-state index in [1.54, 1.807) is 6.20 Å². The maximum Gasteiger partial charge on any atom is 0.0650 e. The van der Waals surface area contributed by atoms with Crippen molar-refractivity contribution in [1.29, 1.82) is 0 Å². The molecule has 1 heterocycles. The Balaban J connectivity index is 2.15. The summed E-state index contributed by atoms with van der Waals surface area (Å²) in [6.45, 7) is 0. The second-order valence-corrected chi connectivity index (χ2v) is 5.20. The molecule has 0 aliphatic rings. The van der Waals surface area contributed by atoms with E-state index in [4.69, 9.17) is 11.6 Å². The molecule has 0 N–H and O–H groups in total. The molecule has 0 spiro atoms. The molecule has 0 fully saturated rings. The van der Waals surface area contributed by atoms with Crippen LogP contribution in [-0.2, 0) is 6.42 Å². The Hall–Kier alpha value is -0.610. The third kappa shape index (κ3) is 2.95. The van der Waals surface area contributed by atoms with Gasteiger partial charge in [0.15, 0.2) is 0 Å². The van der Waals surface area contributed by atoms with Gasteiger partial charge in [-0.15, -0.1) is 11.6 Å². The van der Waals surface area contributed by atoms with Gasteiger partial charge in [-0.3, -0.25) is 4.98 Å². The van der Waals surface area contributed by atoms with Gasteiger partial charge in [-0.2, -0.15) is 0 Å². The molecular weight excluding hydrogens is 333 g/mol. The number of halogens is 2. The molecule has 0 amide bonds. The second-order valence-electron chi connectivity index (χ2n) is 3.51. The summed E-state index contributed by atoms with van der Waals surface area (Å²) in [7, 11) is 0. The van der Waals surface area contributed by atoms with Crippen molar-refractivity contribution in [2.75, 3.05) is 0 Å². The highest BCUT2D eigenvalue weighted by molar-refractivity contribution is 14.1. The van der Waals surface area contributed by atoms with Gasteiger partial charge in [-0.1, -0.05) is 24.3 Å². The first-order chi connectivity index (χ1) is 7.77. The van der Waals surface area contributed by atoms with Crippen molar-refractivity contribution in [2.24, 2.45) is 0 Å². The van der Waals surface area contributed by atoms with E-state index in [1.807, 2.05) is 30.3 Å². The van der Waals surface area contributed by atoms with Crippen LogP contribution in [0.4, 0.5) is 0 Å². The summed E-state index contributed by atoms with van der Waals surface area (Å²) < 4.78 is 1.20. The number of aromatic nitrogens is 1. The van der Waals surface area contributed by atoms with Gasteiger partial charge in [0.2, 0.25) is 0 Å². The van der Waals surface area contributed by atoms with Gasteiger partial charge in [0, 0.05) is 21.9 Å².